The Balaban J connectivity index is 2.24. The van der Waals surface area contributed by atoms with E-state index in [0.717, 1.165) is 12.1 Å². The molecule has 12 heteroatoms. The van der Waals surface area contributed by atoms with Crippen molar-refractivity contribution in [3.8, 4) is 17.0 Å². The minimum absolute atomic E-state index is 0.212. The summed E-state index contributed by atoms with van der Waals surface area (Å²) in [6, 6.07) is 3.61. The summed E-state index contributed by atoms with van der Waals surface area (Å²) in [5, 5.41) is 3.98. The highest BCUT2D eigenvalue weighted by Gasteiger charge is 2.49. The van der Waals surface area contributed by atoms with Crippen LogP contribution in [-0.4, -0.2) is 36.7 Å². The molecular weight excluding hydrogens is 401 g/mol. The van der Waals surface area contributed by atoms with Crippen LogP contribution in [0.5, 0.6) is 5.75 Å². The van der Waals surface area contributed by atoms with Crippen LogP contribution in [0.4, 0.5) is 19.0 Å². The Morgan fingerprint density at radius 1 is 1.18 bits per heavy atom. The number of rotatable bonds is 3. The van der Waals surface area contributed by atoms with Gasteiger partial charge in [-0.2, -0.15) is 21.6 Å². The first-order valence-electron chi connectivity index (χ1n) is 7.78. The molecule has 28 heavy (non-hydrogen) atoms. The van der Waals surface area contributed by atoms with Gasteiger partial charge in [-0.1, -0.05) is 5.16 Å². The van der Waals surface area contributed by atoms with Gasteiger partial charge in [-0.25, -0.2) is 9.97 Å². The molecule has 1 aromatic carbocycles. The van der Waals surface area contributed by atoms with Gasteiger partial charge < -0.3 is 14.8 Å². The Hall–Kier alpha value is -2.89. The molecular formula is C16H15F3N4O4S. The second-order valence-corrected chi connectivity index (χ2v) is 7.96. The Bertz CT molecular complexity index is 1080. The summed E-state index contributed by atoms with van der Waals surface area (Å²) in [7, 11) is -4.52. The number of oxime groups is 1. The third-order valence-corrected chi connectivity index (χ3v) is 5.25. The van der Waals surface area contributed by atoms with Crippen LogP contribution in [0, 0.1) is 0 Å². The number of aromatic nitrogens is 2. The predicted octanol–water partition coefficient (Wildman–Crippen LogP) is 2.60. The molecule has 0 aliphatic heterocycles. The van der Waals surface area contributed by atoms with Gasteiger partial charge in [0.25, 0.3) is 0 Å². The molecule has 1 aliphatic carbocycles. The van der Waals surface area contributed by atoms with Gasteiger partial charge in [-0.15, -0.1) is 0 Å². The number of nitrogens with zero attached hydrogens (tertiary/aromatic N) is 3. The molecule has 2 N–H and O–H groups in total. The molecule has 1 aromatic heterocycles. The second kappa shape index (κ2) is 6.33. The van der Waals surface area contributed by atoms with Crippen molar-refractivity contribution in [2.24, 2.45) is 5.16 Å². The van der Waals surface area contributed by atoms with Crippen LogP contribution in [0.3, 0.4) is 0 Å². The number of nitrogen functional groups attached to an aromatic ring is 1. The molecule has 0 saturated heterocycles. The molecule has 0 unspecified atom stereocenters. The summed E-state index contributed by atoms with van der Waals surface area (Å²) >= 11 is 0. The van der Waals surface area contributed by atoms with Crippen molar-refractivity contribution in [3.63, 3.8) is 0 Å². The first-order valence-corrected chi connectivity index (χ1v) is 9.19. The van der Waals surface area contributed by atoms with Crippen LogP contribution in [0.15, 0.2) is 29.7 Å². The lowest BCUT2D eigenvalue weighted by Crippen LogP contribution is -2.36. The van der Waals surface area contributed by atoms with Gasteiger partial charge in [0.2, 0.25) is 0 Å². The maximum absolute atomic E-state index is 12.6. The molecule has 2 aromatic rings. The lowest BCUT2D eigenvalue weighted by molar-refractivity contribution is -0.0500. The maximum Gasteiger partial charge on any atom is 0.534 e. The number of benzene rings is 1. The lowest BCUT2D eigenvalue weighted by atomic mass is 9.70. The van der Waals surface area contributed by atoms with E-state index in [0.29, 0.717) is 28.1 Å². The van der Waals surface area contributed by atoms with Crippen LogP contribution >= 0.6 is 0 Å². The first kappa shape index (κ1) is 19.9. The fraction of sp³-hybridized carbons (Fsp3) is 0.312. The number of alkyl halides is 3. The average molecular weight is 416 g/mol. The van der Waals surface area contributed by atoms with Crippen molar-refractivity contribution in [1.29, 1.82) is 0 Å². The normalized spacial score (nSPS) is 17.0. The van der Waals surface area contributed by atoms with E-state index in [4.69, 9.17) is 10.6 Å². The van der Waals surface area contributed by atoms with Crippen molar-refractivity contribution in [1.82, 2.24) is 9.97 Å². The molecule has 3 rings (SSSR count). The molecule has 1 aliphatic rings. The summed E-state index contributed by atoms with van der Waals surface area (Å²) in [5.41, 5.74) is 1.66. The smallest absolute Gasteiger partial charge is 0.399 e. The van der Waals surface area contributed by atoms with Gasteiger partial charge in [0.05, 0.1) is 11.4 Å². The second-order valence-electron chi connectivity index (χ2n) is 6.42. The lowest BCUT2D eigenvalue weighted by Gasteiger charge is -2.34. The summed E-state index contributed by atoms with van der Waals surface area (Å²) in [6.07, 6.45) is 1.25. The average Bonchev–Trinajstić information content (AvgIpc) is 2.57. The number of nitrogens with two attached hydrogens (primary N) is 1. The predicted molar refractivity (Wildman–Crippen MR) is 94.1 cm³/mol. The third kappa shape index (κ3) is 3.03. The van der Waals surface area contributed by atoms with E-state index in [-0.39, 0.29) is 5.82 Å². The van der Waals surface area contributed by atoms with Crippen molar-refractivity contribution >= 4 is 21.6 Å². The number of anilines is 1. The van der Waals surface area contributed by atoms with E-state index >= 15 is 0 Å². The summed E-state index contributed by atoms with van der Waals surface area (Å²) < 4.78 is 64.8. The van der Waals surface area contributed by atoms with Gasteiger partial charge >= 0.3 is 15.6 Å². The zero-order chi connectivity index (χ0) is 20.9. The number of halogens is 3. The van der Waals surface area contributed by atoms with Crippen LogP contribution in [0.25, 0.3) is 11.3 Å². The highest BCUT2D eigenvalue weighted by Crippen LogP contribution is 2.45. The summed E-state index contributed by atoms with van der Waals surface area (Å²) in [5.74, 6) is -0.314. The van der Waals surface area contributed by atoms with Crippen molar-refractivity contribution in [2.75, 3.05) is 12.8 Å². The Labute approximate surface area is 158 Å². The number of fused-ring (bicyclic) bond motifs is 3. The first-order chi connectivity index (χ1) is 12.9. The van der Waals surface area contributed by atoms with E-state index in [9.17, 15) is 21.6 Å². The largest absolute Gasteiger partial charge is 0.534 e. The van der Waals surface area contributed by atoms with Crippen LogP contribution in [0.2, 0.25) is 0 Å². The zero-order valence-corrected chi connectivity index (χ0v) is 15.7. The van der Waals surface area contributed by atoms with E-state index in [1.54, 1.807) is 13.8 Å². The molecule has 0 atom stereocenters. The standard InChI is InChI=1S/C16H15F3N4O4S/c1-15(2)11-12(21-7-22-14(11)20)9-5-4-8(6-10(9)13(15)23-26-3)27-28(24,25)16(17,18)19/h4-7H,1-3H3,(H2,20,21,22)/b23-13+. The van der Waals surface area contributed by atoms with Crippen LogP contribution in [0.1, 0.15) is 25.0 Å². The number of hydrogen-bond donors (Lipinski definition) is 1. The summed E-state index contributed by atoms with van der Waals surface area (Å²) in [4.78, 5) is 13.1. The van der Waals surface area contributed by atoms with Gasteiger partial charge in [0.1, 0.15) is 25.0 Å². The Kier molecular flexibility index (Phi) is 4.49. The van der Waals surface area contributed by atoms with Crippen molar-refractivity contribution in [3.05, 3.63) is 35.7 Å². The van der Waals surface area contributed by atoms with Crippen molar-refractivity contribution in [2.45, 2.75) is 24.8 Å². The molecule has 0 spiro atoms. The molecule has 0 saturated carbocycles. The van der Waals surface area contributed by atoms with Crippen LogP contribution < -0.4 is 9.92 Å². The van der Waals surface area contributed by atoms with Gasteiger partial charge in [-0.3, -0.25) is 0 Å². The zero-order valence-electron chi connectivity index (χ0n) is 14.9. The summed E-state index contributed by atoms with van der Waals surface area (Å²) in [6.45, 7) is 3.51. The molecule has 0 amide bonds. The highest BCUT2D eigenvalue weighted by molar-refractivity contribution is 7.88. The van der Waals surface area contributed by atoms with E-state index < -0.39 is 26.8 Å². The Morgan fingerprint density at radius 2 is 1.86 bits per heavy atom. The molecule has 0 fully saturated rings. The van der Waals surface area contributed by atoms with E-state index in [2.05, 4.69) is 19.3 Å². The van der Waals surface area contributed by atoms with Gasteiger partial charge in [0.15, 0.2) is 0 Å². The molecule has 0 radical (unpaired) electrons. The minimum atomic E-state index is -5.82. The van der Waals surface area contributed by atoms with Gasteiger partial charge in [-0.05, 0) is 32.0 Å². The highest BCUT2D eigenvalue weighted by atomic mass is 32.2. The number of hydrogen-bond acceptors (Lipinski definition) is 8. The molecule has 150 valence electrons. The quantitative estimate of drug-likeness (QED) is 0.464. The maximum atomic E-state index is 12.6. The van der Waals surface area contributed by atoms with Crippen molar-refractivity contribution < 1.29 is 30.6 Å². The fourth-order valence-electron chi connectivity index (χ4n) is 3.08. The van der Waals surface area contributed by atoms with E-state index in [1.807, 2.05) is 0 Å². The fourth-order valence-corrected chi connectivity index (χ4v) is 3.53. The minimum Gasteiger partial charge on any atom is -0.399 e. The molecule has 1 heterocycles. The Morgan fingerprint density at radius 3 is 2.46 bits per heavy atom. The van der Waals surface area contributed by atoms with Crippen LogP contribution in [-0.2, 0) is 20.4 Å². The SMILES string of the molecule is CO/N=C1\c2cc(OS(=O)(=O)C(F)(F)F)ccc2-c2ncnc(N)c2C1(C)C. The third-order valence-electron chi connectivity index (χ3n) is 4.27. The van der Waals surface area contributed by atoms with E-state index in [1.165, 1.54) is 19.5 Å². The topological polar surface area (TPSA) is 117 Å². The molecule has 8 nitrogen and oxygen atoms in total. The monoisotopic (exact) mass is 416 g/mol. The molecule has 0 bridgehead atoms. The van der Waals surface area contributed by atoms with Gasteiger partial charge in [0, 0.05) is 22.1 Å².